The molecule has 0 aliphatic rings. The van der Waals surface area contributed by atoms with Gasteiger partial charge in [-0.15, -0.1) is 0 Å². The van der Waals surface area contributed by atoms with Crippen LogP contribution in [0.3, 0.4) is 0 Å². The predicted molar refractivity (Wildman–Crippen MR) is 116 cm³/mol. The van der Waals surface area contributed by atoms with Crippen molar-refractivity contribution in [3.05, 3.63) is 66.8 Å². The van der Waals surface area contributed by atoms with Crippen molar-refractivity contribution in [2.45, 2.75) is 13.8 Å². The molecule has 0 aliphatic heterocycles. The van der Waals surface area contributed by atoms with Crippen LogP contribution >= 0.6 is 0 Å². The van der Waals surface area contributed by atoms with E-state index in [0.29, 0.717) is 29.5 Å². The highest BCUT2D eigenvalue weighted by Gasteiger charge is 2.08. The number of hydrogen-bond donors (Lipinski definition) is 2. The molecule has 0 radical (unpaired) electrons. The fraction of sp³-hybridized carbons (Fsp3) is 0.217. The Morgan fingerprint density at radius 2 is 1.79 bits per heavy atom. The van der Waals surface area contributed by atoms with Gasteiger partial charge in [-0.3, -0.25) is 9.59 Å². The molecule has 152 valence electrons. The number of amides is 2. The fourth-order valence-corrected chi connectivity index (χ4v) is 2.37. The number of anilines is 2. The molecule has 2 aromatic carbocycles. The molecule has 0 bridgehead atoms. The van der Waals surface area contributed by atoms with Crippen molar-refractivity contribution in [2.24, 2.45) is 5.92 Å². The molecular formula is C23H26N2O4. The van der Waals surface area contributed by atoms with Gasteiger partial charge in [0.2, 0.25) is 11.8 Å². The van der Waals surface area contributed by atoms with Crippen molar-refractivity contribution in [3.63, 3.8) is 0 Å². The lowest BCUT2D eigenvalue weighted by Gasteiger charge is -2.10. The summed E-state index contributed by atoms with van der Waals surface area (Å²) in [5.41, 5.74) is 2.01. The molecule has 0 atom stereocenters. The second kappa shape index (κ2) is 10.7. The van der Waals surface area contributed by atoms with Crippen LogP contribution in [0.4, 0.5) is 11.4 Å². The van der Waals surface area contributed by atoms with E-state index >= 15 is 0 Å². The fourth-order valence-electron chi connectivity index (χ4n) is 2.37. The highest BCUT2D eigenvalue weighted by Crippen LogP contribution is 2.28. The molecular weight excluding hydrogens is 368 g/mol. The summed E-state index contributed by atoms with van der Waals surface area (Å²) in [6.07, 6.45) is 4.76. The SMILES string of the molecule is C=CCOc1ccc(/C=C/C(=O)Nc2cccc(NC(=O)C(C)C)c2)cc1OC. The molecule has 0 heterocycles. The standard InChI is InChI=1S/C23H26N2O4/c1-5-13-29-20-11-9-17(14-21(20)28-4)10-12-22(26)24-18-7-6-8-19(15-18)25-23(27)16(2)3/h5-12,14-16H,1,13H2,2-4H3,(H,24,26)(H,25,27)/b12-10+. The van der Waals surface area contributed by atoms with Crippen LogP contribution in [-0.4, -0.2) is 25.5 Å². The summed E-state index contributed by atoms with van der Waals surface area (Å²) in [7, 11) is 1.56. The van der Waals surface area contributed by atoms with Gasteiger partial charge in [0, 0.05) is 23.4 Å². The highest BCUT2D eigenvalue weighted by atomic mass is 16.5. The first kappa shape index (κ1) is 21.8. The molecule has 0 fully saturated rings. The normalized spacial score (nSPS) is 10.6. The van der Waals surface area contributed by atoms with Gasteiger partial charge in [-0.05, 0) is 42.0 Å². The zero-order valence-electron chi connectivity index (χ0n) is 16.9. The van der Waals surface area contributed by atoms with Gasteiger partial charge in [-0.25, -0.2) is 0 Å². The van der Waals surface area contributed by atoms with E-state index < -0.39 is 0 Å². The second-order valence-electron chi connectivity index (χ2n) is 6.56. The van der Waals surface area contributed by atoms with Gasteiger partial charge in [0.15, 0.2) is 11.5 Å². The molecule has 2 aromatic rings. The molecule has 6 heteroatoms. The van der Waals surface area contributed by atoms with Gasteiger partial charge in [-0.1, -0.05) is 38.6 Å². The third-order valence-corrected chi connectivity index (χ3v) is 3.89. The first-order valence-electron chi connectivity index (χ1n) is 9.24. The Balaban J connectivity index is 2.02. The summed E-state index contributed by atoms with van der Waals surface area (Å²) in [5, 5.41) is 5.58. The maximum atomic E-state index is 12.2. The quantitative estimate of drug-likeness (QED) is 0.485. The number of hydrogen-bond acceptors (Lipinski definition) is 4. The predicted octanol–water partition coefficient (Wildman–Crippen LogP) is 4.51. The van der Waals surface area contributed by atoms with Crippen LogP contribution in [0.2, 0.25) is 0 Å². The summed E-state index contributed by atoms with van der Waals surface area (Å²) in [4.78, 5) is 24.0. The van der Waals surface area contributed by atoms with Crippen molar-refractivity contribution in [1.29, 1.82) is 0 Å². The Labute approximate surface area is 171 Å². The number of ether oxygens (including phenoxy) is 2. The summed E-state index contributed by atoms with van der Waals surface area (Å²) < 4.78 is 10.8. The van der Waals surface area contributed by atoms with E-state index in [-0.39, 0.29) is 17.7 Å². The van der Waals surface area contributed by atoms with Crippen molar-refractivity contribution in [3.8, 4) is 11.5 Å². The van der Waals surface area contributed by atoms with Crippen LogP contribution in [0, 0.1) is 5.92 Å². The molecule has 0 aliphatic carbocycles. The van der Waals surface area contributed by atoms with Gasteiger partial charge in [0.1, 0.15) is 6.61 Å². The molecule has 6 nitrogen and oxygen atoms in total. The van der Waals surface area contributed by atoms with E-state index in [9.17, 15) is 9.59 Å². The van der Waals surface area contributed by atoms with Gasteiger partial charge in [0.25, 0.3) is 0 Å². The van der Waals surface area contributed by atoms with Crippen LogP contribution in [0.1, 0.15) is 19.4 Å². The summed E-state index contributed by atoms with van der Waals surface area (Å²) in [6.45, 7) is 7.63. The lowest BCUT2D eigenvalue weighted by molar-refractivity contribution is -0.119. The van der Waals surface area contributed by atoms with Crippen molar-refractivity contribution < 1.29 is 19.1 Å². The van der Waals surface area contributed by atoms with E-state index in [0.717, 1.165) is 5.56 Å². The third kappa shape index (κ3) is 6.84. The van der Waals surface area contributed by atoms with E-state index in [1.807, 2.05) is 19.9 Å². The van der Waals surface area contributed by atoms with Crippen molar-refractivity contribution in [2.75, 3.05) is 24.4 Å². The molecule has 0 saturated heterocycles. The smallest absolute Gasteiger partial charge is 0.248 e. The molecule has 2 amide bonds. The topological polar surface area (TPSA) is 76.7 Å². The van der Waals surface area contributed by atoms with Gasteiger partial charge < -0.3 is 20.1 Å². The molecule has 2 N–H and O–H groups in total. The number of methoxy groups -OCH3 is 1. The number of carbonyl (C=O) groups excluding carboxylic acids is 2. The second-order valence-corrected chi connectivity index (χ2v) is 6.56. The number of nitrogens with one attached hydrogen (secondary N) is 2. The monoisotopic (exact) mass is 394 g/mol. The largest absolute Gasteiger partial charge is 0.493 e. The van der Waals surface area contributed by atoms with Gasteiger partial charge in [-0.2, -0.15) is 0 Å². The van der Waals surface area contributed by atoms with Gasteiger partial charge >= 0.3 is 0 Å². The van der Waals surface area contributed by atoms with Crippen LogP contribution < -0.4 is 20.1 Å². The Bertz CT molecular complexity index is 904. The van der Waals surface area contributed by atoms with Crippen LogP contribution in [0.25, 0.3) is 6.08 Å². The lowest BCUT2D eigenvalue weighted by Crippen LogP contribution is -2.17. The molecule has 0 spiro atoms. The third-order valence-electron chi connectivity index (χ3n) is 3.89. The van der Waals surface area contributed by atoms with Crippen LogP contribution in [0.15, 0.2) is 61.2 Å². The summed E-state index contributed by atoms with van der Waals surface area (Å²) in [5.74, 6) is 0.685. The number of carbonyl (C=O) groups is 2. The molecule has 0 aromatic heterocycles. The van der Waals surface area contributed by atoms with E-state index in [1.165, 1.54) is 6.08 Å². The average Bonchev–Trinajstić information content (AvgIpc) is 2.71. The molecule has 29 heavy (non-hydrogen) atoms. The Morgan fingerprint density at radius 1 is 1.07 bits per heavy atom. The average molecular weight is 394 g/mol. The zero-order valence-corrected chi connectivity index (χ0v) is 16.9. The lowest BCUT2D eigenvalue weighted by atomic mass is 10.2. The highest BCUT2D eigenvalue weighted by molar-refractivity contribution is 6.02. The van der Waals surface area contributed by atoms with Crippen molar-refractivity contribution in [1.82, 2.24) is 0 Å². The summed E-state index contributed by atoms with van der Waals surface area (Å²) in [6, 6.07) is 12.4. The van der Waals surface area contributed by atoms with Crippen LogP contribution in [-0.2, 0) is 9.59 Å². The minimum atomic E-state index is -0.289. The van der Waals surface area contributed by atoms with E-state index in [4.69, 9.17) is 9.47 Å². The Morgan fingerprint density at radius 3 is 2.45 bits per heavy atom. The first-order valence-corrected chi connectivity index (χ1v) is 9.24. The maximum Gasteiger partial charge on any atom is 0.248 e. The maximum absolute atomic E-state index is 12.2. The molecule has 2 rings (SSSR count). The van der Waals surface area contributed by atoms with Crippen molar-refractivity contribution >= 4 is 29.3 Å². The number of rotatable bonds is 9. The minimum Gasteiger partial charge on any atom is -0.493 e. The minimum absolute atomic E-state index is 0.0807. The van der Waals surface area contributed by atoms with E-state index in [1.54, 1.807) is 55.7 Å². The Hall–Kier alpha value is -3.54. The zero-order chi connectivity index (χ0) is 21.2. The summed E-state index contributed by atoms with van der Waals surface area (Å²) >= 11 is 0. The molecule has 0 saturated carbocycles. The number of benzene rings is 2. The first-order chi connectivity index (χ1) is 13.9. The Kier molecular flexibility index (Phi) is 8.03. The van der Waals surface area contributed by atoms with Gasteiger partial charge in [0.05, 0.1) is 7.11 Å². The van der Waals surface area contributed by atoms with E-state index in [2.05, 4.69) is 17.2 Å². The van der Waals surface area contributed by atoms with Crippen LogP contribution in [0.5, 0.6) is 11.5 Å². The molecule has 0 unspecified atom stereocenters.